The van der Waals surface area contributed by atoms with Crippen LogP contribution in [0.15, 0.2) is 0 Å². The van der Waals surface area contributed by atoms with Gasteiger partial charge in [-0.3, -0.25) is 0 Å². The SMILES string of the molecule is CCCCCCCCCCCCCCCCP(CCCC)(CCCC)(CCCC)OP(=O)(O)O. The van der Waals surface area contributed by atoms with Crippen molar-refractivity contribution in [3.05, 3.63) is 0 Å². The molecule has 208 valence electrons. The molecule has 0 aromatic rings. The van der Waals surface area contributed by atoms with Gasteiger partial charge >= 0.3 is 188 Å². The molecule has 0 aliphatic carbocycles. The number of unbranched alkanes of at least 4 members (excludes halogenated alkanes) is 16. The van der Waals surface area contributed by atoms with Crippen molar-refractivity contribution in [1.82, 2.24) is 0 Å². The van der Waals surface area contributed by atoms with E-state index in [1.54, 1.807) is 0 Å². The van der Waals surface area contributed by atoms with Crippen molar-refractivity contribution in [3.8, 4) is 0 Å². The van der Waals surface area contributed by atoms with Gasteiger partial charge in [-0.25, -0.2) is 0 Å². The van der Waals surface area contributed by atoms with Gasteiger partial charge < -0.3 is 0 Å². The van der Waals surface area contributed by atoms with Gasteiger partial charge in [0.2, 0.25) is 0 Å². The van der Waals surface area contributed by atoms with Gasteiger partial charge in [0.15, 0.2) is 0 Å². The Balaban J connectivity index is 4.59. The van der Waals surface area contributed by atoms with Gasteiger partial charge in [-0.1, -0.05) is 26.2 Å². The predicted octanol–water partition coefficient (Wildman–Crippen LogP) is 10.4. The van der Waals surface area contributed by atoms with Crippen LogP contribution in [0.1, 0.15) is 156 Å². The fourth-order valence-electron chi connectivity index (χ4n) is 5.52. The molecule has 0 spiro atoms. The molecule has 4 nitrogen and oxygen atoms in total. The van der Waals surface area contributed by atoms with E-state index in [-0.39, 0.29) is 0 Å². The molecule has 6 heteroatoms. The first kappa shape index (κ1) is 34.5. The summed E-state index contributed by atoms with van der Waals surface area (Å²) in [6, 6.07) is 0. The summed E-state index contributed by atoms with van der Waals surface area (Å²) in [4.78, 5) is 19.9. The van der Waals surface area contributed by atoms with Crippen molar-refractivity contribution >= 4 is 14.7 Å². The summed E-state index contributed by atoms with van der Waals surface area (Å²) in [5.41, 5.74) is 0. The van der Waals surface area contributed by atoms with Gasteiger partial charge in [0.25, 0.3) is 0 Å². The summed E-state index contributed by atoms with van der Waals surface area (Å²) in [6.45, 7) is 5.89. The van der Waals surface area contributed by atoms with Gasteiger partial charge in [0, 0.05) is 0 Å². The average molecular weight is 525 g/mol. The second-order valence-corrected chi connectivity index (χ2v) is 18.1. The molecule has 0 aromatic heterocycles. The van der Waals surface area contributed by atoms with Gasteiger partial charge in [-0.2, -0.15) is 0 Å². The molecule has 34 heavy (non-hydrogen) atoms. The first-order valence-electron chi connectivity index (χ1n) is 15.0. The zero-order chi connectivity index (χ0) is 25.6. The maximum absolute atomic E-state index is 12.2. The number of hydrogen-bond acceptors (Lipinski definition) is 2. The fourth-order valence-corrected chi connectivity index (χ4v) is 14.9. The number of phosphoric acid groups is 1. The van der Waals surface area contributed by atoms with Crippen molar-refractivity contribution in [2.75, 3.05) is 24.6 Å². The first-order valence-corrected chi connectivity index (χ1v) is 19.5. The topological polar surface area (TPSA) is 66.8 Å². The molecule has 0 heterocycles. The van der Waals surface area contributed by atoms with Gasteiger partial charge in [-0.15, -0.1) is 0 Å². The van der Waals surface area contributed by atoms with Gasteiger partial charge in [0.05, 0.1) is 0 Å². The van der Waals surface area contributed by atoms with Crippen LogP contribution in [-0.2, 0) is 8.88 Å². The van der Waals surface area contributed by atoms with Crippen LogP contribution in [0, 0.1) is 0 Å². The predicted molar refractivity (Wildman–Crippen MR) is 155 cm³/mol. The molecular weight excluding hydrogens is 462 g/mol. The third-order valence-electron chi connectivity index (χ3n) is 7.65. The molecule has 0 aliphatic heterocycles. The molecule has 0 aromatic carbocycles. The van der Waals surface area contributed by atoms with E-state index < -0.39 is 14.7 Å². The normalized spacial score (nSPS) is 13.8. The summed E-state index contributed by atoms with van der Waals surface area (Å²) >= 11 is 0. The Hall–Kier alpha value is 0.540. The van der Waals surface area contributed by atoms with Gasteiger partial charge in [0.1, 0.15) is 0 Å². The van der Waals surface area contributed by atoms with Crippen LogP contribution in [0.2, 0.25) is 0 Å². The molecule has 0 radical (unpaired) electrons. The van der Waals surface area contributed by atoms with Crippen molar-refractivity contribution in [1.29, 1.82) is 0 Å². The number of hydrogen-bond donors (Lipinski definition) is 2. The summed E-state index contributed by atoms with van der Waals surface area (Å²) < 4.78 is 18.2. The molecular formula is C28H62O4P2. The van der Waals surface area contributed by atoms with Crippen molar-refractivity contribution in [2.24, 2.45) is 0 Å². The van der Waals surface area contributed by atoms with Crippen LogP contribution in [0.5, 0.6) is 0 Å². The second kappa shape index (κ2) is 20.6. The van der Waals surface area contributed by atoms with Crippen LogP contribution in [0.4, 0.5) is 0 Å². The molecule has 0 aliphatic rings. The molecule has 0 unspecified atom stereocenters. The Kier molecular flexibility index (Phi) is 20.9. The summed E-state index contributed by atoms with van der Waals surface area (Å²) in [5.74, 6) is 0. The monoisotopic (exact) mass is 524 g/mol. The van der Waals surface area contributed by atoms with Crippen molar-refractivity contribution in [3.63, 3.8) is 0 Å². The van der Waals surface area contributed by atoms with E-state index in [0.717, 1.165) is 69.6 Å². The van der Waals surface area contributed by atoms with E-state index in [4.69, 9.17) is 4.31 Å². The summed E-state index contributed by atoms with van der Waals surface area (Å²) in [5, 5.41) is 0. The second-order valence-electron chi connectivity index (χ2n) is 11.0. The molecule has 0 saturated carbocycles. The Bertz CT molecular complexity index is 482. The fraction of sp³-hybridized carbons (Fsp3) is 1.00. The molecule has 0 rings (SSSR count). The third kappa shape index (κ3) is 17.1. The van der Waals surface area contributed by atoms with Crippen LogP contribution in [0.25, 0.3) is 0 Å². The first-order chi connectivity index (χ1) is 16.3. The Labute approximate surface area is 214 Å². The van der Waals surface area contributed by atoms with Gasteiger partial charge in [-0.05, 0) is 0 Å². The minimum absolute atomic E-state index is 0.894. The standard InChI is InChI=1S/C28H62O4P2/c1-5-9-13-14-15-16-17-18-19-20-21-22-23-24-28-34(25-10-6-2,26-11-7-3,27-12-8-4)32-33(29,30)31/h5-28H2,1-4H3,(H2,29,30,31). The zero-order valence-corrected chi connectivity index (χ0v) is 25.4. The van der Waals surface area contributed by atoms with E-state index in [9.17, 15) is 14.4 Å². The van der Waals surface area contributed by atoms with Crippen LogP contribution < -0.4 is 0 Å². The number of rotatable bonds is 26. The molecule has 2 N–H and O–H groups in total. The zero-order valence-electron chi connectivity index (χ0n) is 23.6. The summed E-state index contributed by atoms with van der Waals surface area (Å²) in [6.07, 6.45) is 28.4. The van der Waals surface area contributed by atoms with Crippen molar-refractivity contribution in [2.45, 2.75) is 156 Å². The molecule has 0 saturated heterocycles. The Morgan fingerprint density at radius 2 is 0.735 bits per heavy atom. The van der Waals surface area contributed by atoms with E-state index in [1.807, 2.05) is 0 Å². The van der Waals surface area contributed by atoms with E-state index >= 15 is 0 Å². The third-order valence-corrected chi connectivity index (χ3v) is 16.1. The van der Waals surface area contributed by atoms with E-state index in [1.165, 1.54) is 83.5 Å². The van der Waals surface area contributed by atoms with Crippen LogP contribution >= 0.6 is 14.7 Å². The molecule has 0 bridgehead atoms. The van der Waals surface area contributed by atoms with Crippen molar-refractivity contribution < 1.29 is 18.7 Å². The molecule has 0 fully saturated rings. The van der Waals surface area contributed by atoms with Crippen LogP contribution in [0.3, 0.4) is 0 Å². The maximum atomic E-state index is 12.2. The molecule has 0 atom stereocenters. The quantitative estimate of drug-likeness (QED) is 0.0872. The Morgan fingerprint density at radius 1 is 0.471 bits per heavy atom. The van der Waals surface area contributed by atoms with Crippen LogP contribution in [-0.4, -0.2) is 34.4 Å². The van der Waals surface area contributed by atoms with E-state index in [2.05, 4.69) is 27.7 Å². The Morgan fingerprint density at radius 3 is 1.03 bits per heavy atom. The molecule has 0 amide bonds. The summed E-state index contributed by atoms with van der Waals surface area (Å²) in [7, 11) is -4.50. The average Bonchev–Trinajstić information content (AvgIpc) is 2.80. The minimum atomic E-state index is -4.50. The van der Waals surface area contributed by atoms with E-state index in [0.29, 0.717) is 0 Å².